The monoisotopic (exact) mass is 364 g/mol. The third-order valence-electron chi connectivity index (χ3n) is 5.01. The van der Waals surface area contributed by atoms with Crippen LogP contribution < -0.4 is 5.32 Å². The third kappa shape index (κ3) is 3.21. The average molecular weight is 364 g/mol. The summed E-state index contributed by atoms with van der Waals surface area (Å²) in [5.41, 5.74) is 3.25. The number of hydrogen-bond donors (Lipinski definition) is 2. The molecule has 1 aliphatic rings. The molecule has 0 amide bonds. The topological polar surface area (TPSA) is 75.4 Å². The van der Waals surface area contributed by atoms with Gasteiger partial charge in [0.05, 0.1) is 11.0 Å². The van der Waals surface area contributed by atoms with Crippen molar-refractivity contribution in [3.63, 3.8) is 0 Å². The summed E-state index contributed by atoms with van der Waals surface area (Å²) in [6, 6.07) is 17.9. The van der Waals surface area contributed by atoms with Crippen LogP contribution in [0, 0.1) is 15.9 Å². The Labute approximate surface area is 155 Å². The minimum Gasteiger partial charge on any atom is -0.508 e. The molecule has 1 heterocycles. The first kappa shape index (κ1) is 17.0. The highest BCUT2D eigenvalue weighted by Crippen LogP contribution is 2.46. The second-order valence-corrected chi connectivity index (χ2v) is 6.62. The van der Waals surface area contributed by atoms with Gasteiger partial charge in [-0.3, -0.25) is 10.1 Å². The average Bonchev–Trinajstić information content (AvgIpc) is 2.68. The van der Waals surface area contributed by atoms with Gasteiger partial charge in [-0.1, -0.05) is 30.3 Å². The number of anilines is 1. The van der Waals surface area contributed by atoms with Crippen LogP contribution in [0.1, 0.15) is 35.1 Å². The molecule has 6 heteroatoms. The molecule has 4 rings (SSSR count). The zero-order chi connectivity index (χ0) is 19.0. The van der Waals surface area contributed by atoms with E-state index in [1.54, 1.807) is 30.3 Å². The predicted molar refractivity (Wildman–Crippen MR) is 100 cm³/mol. The maximum atomic E-state index is 13.9. The minimum atomic E-state index is -0.430. The van der Waals surface area contributed by atoms with Crippen molar-refractivity contribution in [3.05, 3.63) is 99.4 Å². The standard InChI is InChI=1S/C21H17FN2O3/c22-14-7-10-19-18(11-14)17(16-3-1-2-4-21(16)25)12-20(23-19)13-5-8-15(9-6-13)24(26)27/h1-11,17,20,23,25H,12H2/t17-,20+/m1/s1. The number of rotatable bonds is 3. The Balaban J connectivity index is 1.76. The number of para-hydroxylation sites is 1. The van der Waals surface area contributed by atoms with E-state index in [-0.39, 0.29) is 29.2 Å². The van der Waals surface area contributed by atoms with Gasteiger partial charge in [0.15, 0.2) is 0 Å². The first-order valence-electron chi connectivity index (χ1n) is 8.61. The normalized spacial score (nSPS) is 18.4. The van der Waals surface area contributed by atoms with E-state index in [1.807, 2.05) is 12.1 Å². The molecule has 1 aliphatic heterocycles. The van der Waals surface area contributed by atoms with Crippen LogP contribution in [0.25, 0.3) is 0 Å². The van der Waals surface area contributed by atoms with Crippen LogP contribution in [-0.4, -0.2) is 10.0 Å². The van der Waals surface area contributed by atoms with Gasteiger partial charge in [-0.15, -0.1) is 0 Å². The number of halogens is 1. The first-order chi connectivity index (χ1) is 13.0. The Hall–Kier alpha value is -3.41. The molecule has 0 aliphatic carbocycles. The molecule has 3 aromatic carbocycles. The van der Waals surface area contributed by atoms with Gasteiger partial charge in [0.2, 0.25) is 0 Å². The van der Waals surface area contributed by atoms with Gasteiger partial charge < -0.3 is 10.4 Å². The number of nitro groups is 1. The van der Waals surface area contributed by atoms with E-state index in [9.17, 15) is 19.6 Å². The van der Waals surface area contributed by atoms with E-state index in [1.165, 1.54) is 24.3 Å². The van der Waals surface area contributed by atoms with Crippen LogP contribution in [-0.2, 0) is 0 Å². The summed E-state index contributed by atoms with van der Waals surface area (Å²) in [7, 11) is 0. The number of nitro benzene ring substituents is 1. The molecule has 0 bridgehead atoms. The van der Waals surface area contributed by atoms with Gasteiger partial charge in [-0.05, 0) is 41.8 Å². The Morgan fingerprint density at radius 2 is 1.78 bits per heavy atom. The smallest absolute Gasteiger partial charge is 0.269 e. The maximum Gasteiger partial charge on any atom is 0.269 e. The summed E-state index contributed by atoms with van der Waals surface area (Å²) in [4.78, 5) is 10.5. The van der Waals surface area contributed by atoms with Crippen LogP contribution in [0.5, 0.6) is 5.75 Å². The molecule has 0 fully saturated rings. The molecule has 136 valence electrons. The SMILES string of the molecule is O=[N+]([O-])c1ccc([C@@H]2C[C@H](c3ccccc3O)c3cc(F)ccc3N2)cc1. The van der Waals surface area contributed by atoms with Crippen molar-refractivity contribution in [2.45, 2.75) is 18.4 Å². The summed E-state index contributed by atoms with van der Waals surface area (Å²) in [5, 5.41) is 24.6. The fourth-order valence-corrected chi connectivity index (χ4v) is 3.69. The van der Waals surface area contributed by atoms with E-state index in [0.29, 0.717) is 6.42 Å². The second kappa shape index (κ2) is 6.72. The third-order valence-corrected chi connectivity index (χ3v) is 5.01. The molecule has 0 radical (unpaired) electrons. The molecule has 2 atom stereocenters. The lowest BCUT2D eigenvalue weighted by Gasteiger charge is -2.34. The van der Waals surface area contributed by atoms with Gasteiger partial charge in [0.25, 0.3) is 5.69 Å². The van der Waals surface area contributed by atoms with Gasteiger partial charge in [0, 0.05) is 29.3 Å². The van der Waals surface area contributed by atoms with E-state index in [0.717, 1.165) is 22.4 Å². The Bertz CT molecular complexity index is 1000. The minimum absolute atomic E-state index is 0.0364. The number of fused-ring (bicyclic) bond motifs is 1. The molecule has 2 N–H and O–H groups in total. The fourth-order valence-electron chi connectivity index (χ4n) is 3.69. The zero-order valence-corrected chi connectivity index (χ0v) is 14.3. The van der Waals surface area contributed by atoms with Crippen molar-refractivity contribution < 1.29 is 14.4 Å². The number of nitrogens with zero attached hydrogens (tertiary/aromatic N) is 1. The Kier molecular flexibility index (Phi) is 4.24. The molecule has 0 saturated carbocycles. The Morgan fingerprint density at radius 3 is 2.48 bits per heavy atom. The molecular weight excluding hydrogens is 347 g/mol. The van der Waals surface area contributed by atoms with Gasteiger partial charge in [-0.2, -0.15) is 0 Å². The van der Waals surface area contributed by atoms with Crippen molar-refractivity contribution in [3.8, 4) is 5.75 Å². The highest BCUT2D eigenvalue weighted by molar-refractivity contribution is 5.60. The highest BCUT2D eigenvalue weighted by atomic mass is 19.1. The molecule has 0 saturated heterocycles. The maximum absolute atomic E-state index is 13.9. The van der Waals surface area contributed by atoms with Crippen molar-refractivity contribution in [1.82, 2.24) is 0 Å². The molecule has 0 aromatic heterocycles. The lowest BCUT2D eigenvalue weighted by molar-refractivity contribution is -0.384. The number of phenols is 1. The number of benzene rings is 3. The van der Waals surface area contributed by atoms with E-state index in [2.05, 4.69) is 5.32 Å². The van der Waals surface area contributed by atoms with Gasteiger partial charge in [-0.25, -0.2) is 4.39 Å². The van der Waals surface area contributed by atoms with Gasteiger partial charge >= 0.3 is 0 Å². The summed E-state index contributed by atoms with van der Waals surface area (Å²) in [6.45, 7) is 0. The van der Waals surface area contributed by atoms with Gasteiger partial charge in [0.1, 0.15) is 11.6 Å². The predicted octanol–water partition coefficient (Wildman–Crippen LogP) is 5.13. The van der Waals surface area contributed by atoms with E-state index >= 15 is 0 Å². The van der Waals surface area contributed by atoms with Crippen molar-refractivity contribution in [2.75, 3.05) is 5.32 Å². The van der Waals surface area contributed by atoms with Crippen LogP contribution in [0.15, 0.2) is 66.7 Å². The quantitative estimate of drug-likeness (QED) is 0.499. The van der Waals surface area contributed by atoms with Crippen LogP contribution in [0.3, 0.4) is 0 Å². The van der Waals surface area contributed by atoms with Crippen molar-refractivity contribution >= 4 is 11.4 Å². The molecule has 0 spiro atoms. The van der Waals surface area contributed by atoms with E-state index < -0.39 is 4.92 Å². The molecule has 5 nitrogen and oxygen atoms in total. The summed E-state index contributed by atoms with van der Waals surface area (Å²) in [5.74, 6) is -0.356. The summed E-state index contributed by atoms with van der Waals surface area (Å²) < 4.78 is 13.9. The van der Waals surface area contributed by atoms with Crippen LogP contribution >= 0.6 is 0 Å². The largest absolute Gasteiger partial charge is 0.508 e. The summed E-state index contributed by atoms with van der Waals surface area (Å²) in [6.07, 6.45) is 0.589. The second-order valence-electron chi connectivity index (χ2n) is 6.62. The fraction of sp³-hybridized carbons (Fsp3) is 0.143. The molecule has 0 unspecified atom stereocenters. The number of non-ortho nitro benzene ring substituents is 1. The molecule has 3 aromatic rings. The number of aromatic hydroxyl groups is 1. The molecular formula is C21H17FN2O3. The molecule has 27 heavy (non-hydrogen) atoms. The number of hydrogen-bond acceptors (Lipinski definition) is 4. The number of nitrogens with one attached hydrogen (secondary N) is 1. The lowest BCUT2D eigenvalue weighted by atomic mass is 9.80. The number of phenolic OH excluding ortho intramolecular Hbond substituents is 1. The van der Waals surface area contributed by atoms with Crippen molar-refractivity contribution in [1.29, 1.82) is 0 Å². The highest BCUT2D eigenvalue weighted by Gasteiger charge is 2.30. The first-order valence-corrected chi connectivity index (χ1v) is 8.61. The lowest BCUT2D eigenvalue weighted by Crippen LogP contribution is -2.22. The summed E-state index contributed by atoms with van der Waals surface area (Å²) >= 11 is 0. The Morgan fingerprint density at radius 1 is 1.04 bits per heavy atom. The van der Waals surface area contributed by atoms with Crippen molar-refractivity contribution in [2.24, 2.45) is 0 Å². The van der Waals surface area contributed by atoms with Crippen LogP contribution in [0.2, 0.25) is 0 Å². The van der Waals surface area contributed by atoms with Crippen LogP contribution in [0.4, 0.5) is 15.8 Å². The van der Waals surface area contributed by atoms with E-state index in [4.69, 9.17) is 0 Å². The zero-order valence-electron chi connectivity index (χ0n) is 14.3.